The van der Waals surface area contributed by atoms with Gasteiger partial charge in [0.25, 0.3) is 0 Å². The number of ether oxygens (including phenoxy) is 1. The van der Waals surface area contributed by atoms with E-state index in [4.69, 9.17) is 10.5 Å². The van der Waals surface area contributed by atoms with E-state index >= 15 is 0 Å². The molecule has 3 rings (SSSR count). The van der Waals surface area contributed by atoms with Crippen molar-refractivity contribution in [1.82, 2.24) is 14.6 Å². The Morgan fingerprint density at radius 1 is 1.41 bits per heavy atom. The molecule has 2 aromatic rings. The zero-order valence-electron chi connectivity index (χ0n) is 9.67. The number of anilines is 1. The molecule has 0 aromatic carbocycles. The molecule has 0 amide bonds. The van der Waals surface area contributed by atoms with Crippen molar-refractivity contribution < 1.29 is 4.74 Å². The van der Waals surface area contributed by atoms with E-state index in [0.29, 0.717) is 5.92 Å². The standard InChI is InChI=1S/C12H16N4O/c13-10-3-4-11-14-15-12(16(11)7-10)6-9-2-1-5-17-8-9/h3-4,7,9H,1-2,5-6,8,13H2. The lowest BCUT2D eigenvalue weighted by atomic mass is 9.98. The van der Waals surface area contributed by atoms with Gasteiger partial charge in [-0.1, -0.05) is 0 Å². The Morgan fingerprint density at radius 2 is 2.35 bits per heavy atom. The maximum atomic E-state index is 5.78. The number of fused-ring (bicyclic) bond motifs is 1. The van der Waals surface area contributed by atoms with E-state index in [1.807, 2.05) is 22.7 Å². The number of hydrogen-bond acceptors (Lipinski definition) is 4. The molecule has 3 heterocycles. The van der Waals surface area contributed by atoms with Gasteiger partial charge in [0.05, 0.1) is 0 Å². The van der Waals surface area contributed by atoms with Crippen LogP contribution in [0.3, 0.4) is 0 Å². The lowest BCUT2D eigenvalue weighted by Crippen LogP contribution is -2.20. The maximum absolute atomic E-state index is 5.78. The Balaban J connectivity index is 1.86. The zero-order valence-corrected chi connectivity index (χ0v) is 9.67. The summed E-state index contributed by atoms with van der Waals surface area (Å²) in [6.07, 6.45) is 5.14. The second kappa shape index (κ2) is 4.33. The van der Waals surface area contributed by atoms with Crippen LogP contribution in [0.5, 0.6) is 0 Å². The first kappa shape index (κ1) is 10.5. The first-order valence-electron chi connectivity index (χ1n) is 6.00. The summed E-state index contributed by atoms with van der Waals surface area (Å²) in [7, 11) is 0. The summed E-state index contributed by atoms with van der Waals surface area (Å²) in [5.41, 5.74) is 7.37. The normalized spacial score (nSPS) is 20.8. The Morgan fingerprint density at radius 3 is 3.18 bits per heavy atom. The summed E-state index contributed by atoms with van der Waals surface area (Å²) in [5.74, 6) is 1.53. The predicted molar refractivity (Wildman–Crippen MR) is 64.6 cm³/mol. The lowest BCUT2D eigenvalue weighted by Gasteiger charge is -2.21. The molecule has 2 aromatic heterocycles. The molecule has 1 atom stereocenters. The number of aromatic nitrogens is 3. The molecular weight excluding hydrogens is 216 g/mol. The van der Waals surface area contributed by atoms with Crippen molar-refractivity contribution in [2.24, 2.45) is 5.92 Å². The van der Waals surface area contributed by atoms with Crippen molar-refractivity contribution >= 4 is 11.3 Å². The first-order chi connectivity index (χ1) is 8.33. The van der Waals surface area contributed by atoms with E-state index in [2.05, 4.69) is 10.2 Å². The van der Waals surface area contributed by atoms with Crippen molar-refractivity contribution in [2.45, 2.75) is 19.3 Å². The third-order valence-corrected chi connectivity index (χ3v) is 3.22. The summed E-state index contributed by atoms with van der Waals surface area (Å²) in [4.78, 5) is 0. The van der Waals surface area contributed by atoms with Crippen LogP contribution in [0.4, 0.5) is 5.69 Å². The third kappa shape index (κ3) is 2.10. The first-order valence-corrected chi connectivity index (χ1v) is 6.00. The molecule has 5 nitrogen and oxygen atoms in total. The van der Waals surface area contributed by atoms with Gasteiger partial charge in [-0.25, -0.2) is 0 Å². The molecule has 0 aliphatic carbocycles. The quantitative estimate of drug-likeness (QED) is 0.847. The highest BCUT2D eigenvalue weighted by molar-refractivity contribution is 5.47. The van der Waals surface area contributed by atoms with Crippen LogP contribution in [0.1, 0.15) is 18.7 Å². The topological polar surface area (TPSA) is 65.4 Å². The van der Waals surface area contributed by atoms with Crippen LogP contribution in [-0.4, -0.2) is 27.8 Å². The molecule has 1 saturated heterocycles. The van der Waals surface area contributed by atoms with Crippen LogP contribution in [-0.2, 0) is 11.2 Å². The van der Waals surface area contributed by atoms with E-state index in [9.17, 15) is 0 Å². The van der Waals surface area contributed by atoms with E-state index < -0.39 is 0 Å². The molecular formula is C12H16N4O. The van der Waals surface area contributed by atoms with Gasteiger partial charge in [-0.05, 0) is 30.9 Å². The van der Waals surface area contributed by atoms with Gasteiger partial charge in [-0.3, -0.25) is 4.40 Å². The monoisotopic (exact) mass is 232 g/mol. The van der Waals surface area contributed by atoms with Crippen LogP contribution in [0, 0.1) is 5.92 Å². The van der Waals surface area contributed by atoms with Crippen molar-refractivity contribution in [3.63, 3.8) is 0 Å². The van der Waals surface area contributed by atoms with Gasteiger partial charge in [0.1, 0.15) is 5.82 Å². The van der Waals surface area contributed by atoms with Crippen LogP contribution in [0.2, 0.25) is 0 Å². The summed E-state index contributed by atoms with van der Waals surface area (Å²) in [6, 6.07) is 3.74. The molecule has 1 fully saturated rings. The minimum Gasteiger partial charge on any atom is -0.398 e. The number of pyridine rings is 1. The van der Waals surface area contributed by atoms with Gasteiger partial charge in [0.2, 0.25) is 0 Å². The van der Waals surface area contributed by atoms with Crippen LogP contribution in [0.15, 0.2) is 18.3 Å². The highest BCUT2D eigenvalue weighted by Crippen LogP contribution is 2.19. The lowest BCUT2D eigenvalue weighted by molar-refractivity contribution is 0.0542. The molecule has 2 N–H and O–H groups in total. The van der Waals surface area contributed by atoms with Crippen molar-refractivity contribution in [2.75, 3.05) is 18.9 Å². The molecule has 90 valence electrons. The minimum absolute atomic E-state index is 0.553. The molecule has 0 saturated carbocycles. The highest BCUT2D eigenvalue weighted by Gasteiger charge is 2.17. The molecule has 1 unspecified atom stereocenters. The second-order valence-electron chi connectivity index (χ2n) is 4.59. The summed E-state index contributed by atoms with van der Waals surface area (Å²) < 4.78 is 7.46. The maximum Gasteiger partial charge on any atom is 0.160 e. The van der Waals surface area contributed by atoms with E-state index in [1.165, 1.54) is 6.42 Å². The van der Waals surface area contributed by atoms with E-state index in [1.54, 1.807) is 0 Å². The Labute approximate surface area is 99.6 Å². The van der Waals surface area contributed by atoms with Crippen molar-refractivity contribution in [3.8, 4) is 0 Å². The van der Waals surface area contributed by atoms with Gasteiger partial charge in [-0.2, -0.15) is 0 Å². The average Bonchev–Trinajstić information content (AvgIpc) is 2.73. The summed E-state index contributed by atoms with van der Waals surface area (Å²) in [6.45, 7) is 1.72. The van der Waals surface area contributed by atoms with Crippen molar-refractivity contribution in [3.05, 3.63) is 24.2 Å². The number of nitrogens with two attached hydrogens (primary N) is 1. The second-order valence-corrected chi connectivity index (χ2v) is 4.59. The fourth-order valence-corrected chi connectivity index (χ4v) is 2.32. The number of hydrogen-bond donors (Lipinski definition) is 1. The Kier molecular flexibility index (Phi) is 2.68. The van der Waals surface area contributed by atoms with Crippen LogP contribution < -0.4 is 5.73 Å². The molecule has 17 heavy (non-hydrogen) atoms. The SMILES string of the molecule is Nc1ccc2nnc(CC3CCCOC3)n2c1. The number of nitrogens with zero attached hydrogens (tertiary/aromatic N) is 3. The zero-order chi connectivity index (χ0) is 11.7. The van der Waals surface area contributed by atoms with Gasteiger partial charge < -0.3 is 10.5 Å². The summed E-state index contributed by atoms with van der Waals surface area (Å²) in [5, 5.41) is 8.37. The predicted octanol–water partition coefficient (Wildman–Crippen LogP) is 1.28. The number of nitrogen functional groups attached to an aromatic ring is 1. The van der Waals surface area contributed by atoms with E-state index in [-0.39, 0.29) is 0 Å². The molecule has 5 heteroatoms. The van der Waals surface area contributed by atoms with Crippen molar-refractivity contribution in [1.29, 1.82) is 0 Å². The molecule has 1 aliphatic rings. The van der Waals surface area contributed by atoms with Gasteiger partial charge in [-0.15, -0.1) is 10.2 Å². The largest absolute Gasteiger partial charge is 0.398 e. The van der Waals surface area contributed by atoms with Gasteiger partial charge >= 0.3 is 0 Å². The Hall–Kier alpha value is -1.62. The fourth-order valence-electron chi connectivity index (χ4n) is 2.32. The third-order valence-electron chi connectivity index (χ3n) is 3.22. The smallest absolute Gasteiger partial charge is 0.160 e. The minimum atomic E-state index is 0.553. The molecule has 0 radical (unpaired) electrons. The average molecular weight is 232 g/mol. The highest BCUT2D eigenvalue weighted by atomic mass is 16.5. The number of rotatable bonds is 2. The Bertz CT molecular complexity index is 516. The van der Waals surface area contributed by atoms with E-state index in [0.717, 1.165) is 43.2 Å². The molecule has 0 bridgehead atoms. The molecule has 0 spiro atoms. The van der Waals surface area contributed by atoms with Crippen LogP contribution >= 0.6 is 0 Å². The molecule has 1 aliphatic heterocycles. The summed E-state index contributed by atoms with van der Waals surface area (Å²) >= 11 is 0. The fraction of sp³-hybridized carbons (Fsp3) is 0.500. The van der Waals surface area contributed by atoms with Crippen LogP contribution in [0.25, 0.3) is 5.65 Å². The van der Waals surface area contributed by atoms with Gasteiger partial charge in [0.15, 0.2) is 5.65 Å². The van der Waals surface area contributed by atoms with Gasteiger partial charge in [0, 0.05) is 31.5 Å².